The molecular weight excluding hydrogens is 308 g/mol. The van der Waals surface area contributed by atoms with Crippen LogP contribution in [-0.2, 0) is 6.42 Å². The van der Waals surface area contributed by atoms with Crippen molar-refractivity contribution < 1.29 is 4.79 Å². The molecule has 19 heavy (non-hydrogen) atoms. The maximum absolute atomic E-state index is 12.2. The molecule has 3 heterocycles. The largest absolute Gasteiger partial charge is 0.294 e. The van der Waals surface area contributed by atoms with Gasteiger partial charge in [0.25, 0.3) is 0 Å². The number of carbonyl (C=O) groups excluding carboxylic acids is 1. The highest BCUT2D eigenvalue weighted by Crippen LogP contribution is 2.13. The summed E-state index contributed by atoms with van der Waals surface area (Å²) in [6, 6.07) is 3.69. The van der Waals surface area contributed by atoms with Gasteiger partial charge in [-0.05, 0) is 28.1 Å². The molecule has 0 saturated heterocycles. The Morgan fingerprint density at radius 2 is 2.16 bits per heavy atom. The summed E-state index contributed by atoms with van der Waals surface area (Å²) < 4.78 is 2.53. The molecule has 0 unspecified atom stereocenters. The first-order chi connectivity index (χ1) is 9.24. The highest BCUT2D eigenvalue weighted by Gasteiger charge is 2.13. The molecule has 0 spiro atoms. The van der Waals surface area contributed by atoms with Crippen LogP contribution in [0.2, 0.25) is 0 Å². The average Bonchev–Trinajstić information content (AvgIpc) is 2.85. The van der Waals surface area contributed by atoms with Crippen molar-refractivity contribution >= 4 is 27.2 Å². The Kier molecular flexibility index (Phi) is 3.08. The van der Waals surface area contributed by atoms with Gasteiger partial charge in [-0.3, -0.25) is 14.8 Å². The van der Waals surface area contributed by atoms with E-state index in [0.717, 1.165) is 10.2 Å². The number of carbonyl (C=O) groups is 1. The van der Waals surface area contributed by atoms with Crippen LogP contribution in [0.4, 0.5) is 0 Å². The van der Waals surface area contributed by atoms with Crippen molar-refractivity contribution in [1.82, 2.24) is 19.6 Å². The molecule has 3 aromatic heterocycles. The zero-order valence-electron chi connectivity index (χ0n) is 9.82. The van der Waals surface area contributed by atoms with Gasteiger partial charge in [-0.15, -0.1) is 0 Å². The lowest BCUT2D eigenvalue weighted by Crippen LogP contribution is -2.04. The normalized spacial score (nSPS) is 10.8. The molecule has 3 rings (SSSR count). The van der Waals surface area contributed by atoms with Gasteiger partial charge in [0, 0.05) is 28.8 Å². The van der Waals surface area contributed by atoms with Gasteiger partial charge in [-0.2, -0.15) is 5.10 Å². The molecule has 94 valence electrons. The van der Waals surface area contributed by atoms with Gasteiger partial charge in [0.05, 0.1) is 29.9 Å². The number of rotatable bonds is 3. The molecule has 0 N–H and O–H groups in total. The van der Waals surface area contributed by atoms with Crippen molar-refractivity contribution in [1.29, 1.82) is 0 Å². The Labute approximate surface area is 117 Å². The quantitative estimate of drug-likeness (QED) is 0.696. The Morgan fingerprint density at radius 1 is 1.26 bits per heavy atom. The second-order valence-electron chi connectivity index (χ2n) is 4.03. The summed E-state index contributed by atoms with van der Waals surface area (Å²) in [5.41, 5.74) is 2.01. The molecule has 0 saturated carbocycles. The minimum absolute atomic E-state index is 0.0159. The Bertz CT molecular complexity index is 736. The lowest BCUT2D eigenvalue weighted by molar-refractivity contribution is 0.0993. The highest BCUT2D eigenvalue weighted by atomic mass is 79.9. The molecule has 0 aliphatic heterocycles. The topological polar surface area (TPSA) is 60.2 Å². The number of hydrogen-bond donors (Lipinski definition) is 0. The number of hydrogen-bond acceptors (Lipinski definition) is 4. The van der Waals surface area contributed by atoms with E-state index in [9.17, 15) is 4.79 Å². The van der Waals surface area contributed by atoms with Gasteiger partial charge >= 0.3 is 0 Å². The first kappa shape index (κ1) is 12.0. The van der Waals surface area contributed by atoms with Crippen LogP contribution in [0.1, 0.15) is 16.1 Å². The Morgan fingerprint density at radius 3 is 2.95 bits per heavy atom. The van der Waals surface area contributed by atoms with E-state index in [1.54, 1.807) is 35.5 Å². The summed E-state index contributed by atoms with van der Waals surface area (Å²) in [6.07, 6.45) is 8.48. The molecule has 0 atom stereocenters. The number of aromatic nitrogens is 4. The number of ketones is 1. The van der Waals surface area contributed by atoms with E-state index in [-0.39, 0.29) is 12.2 Å². The van der Waals surface area contributed by atoms with Crippen molar-refractivity contribution in [2.75, 3.05) is 0 Å². The van der Waals surface area contributed by atoms with E-state index < -0.39 is 0 Å². The molecular formula is C13H9BrN4O. The SMILES string of the molecule is O=C(Cc1ccc(Br)cn1)c1cnn2ccncc12. The predicted molar refractivity (Wildman–Crippen MR) is 73.0 cm³/mol. The van der Waals surface area contributed by atoms with Gasteiger partial charge in [-0.25, -0.2) is 4.52 Å². The van der Waals surface area contributed by atoms with E-state index in [4.69, 9.17) is 0 Å². The Balaban J connectivity index is 1.90. The summed E-state index contributed by atoms with van der Waals surface area (Å²) >= 11 is 3.31. The van der Waals surface area contributed by atoms with Crippen molar-refractivity contribution in [3.8, 4) is 0 Å². The molecule has 0 aliphatic carbocycles. The average molecular weight is 317 g/mol. The van der Waals surface area contributed by atoms with Gasteiger partial charge in [0.1, 0.15) is 0 Å². The second-order valence-corrected chi connectivity index (χ2v) is 4.95. The van der Waals surface area contributed by atoms with E-state index >= 15 is 0 Å². The van der Waals surface area contributed by atoms with Crippen LogP contribution in [0.5, 0.6) is 0 Å². The zero-order valence-corrected chi connectivity index (χ0v) is 11.4. The monoisotopic (exact) mass is 316 g/mol. The predicted octanol–water partition coefficient (Wildman–Crippen LogP) is 2.31. The summed E-state index contributed by atoms with van der Waals surface area (Å²) in [4.78, 5) is 20.5. The fourth-order valence-electron chi connectivity index (χ4n) is 1.82. The summed E-state index contributed by atoms with van der Waals surface area (Å²) in [6.45, 7) is 0. The molecule has 0 aliphatic rings. The van der Waals surface area contributed by atoms with Gasteiger partial charge in [0.2, 0.25) is 0 Å². The van der Waals surface area contributed by atoms with Crippen molar-refractivity contribution in [2.45, 2.75) is 6.42 Å². The molecule has 0 fully saturated rings. The Hall–Kier alpha value is -2.08. The number of Topliss-reactive ketones (excluding diaryl/α,β-unsaturated/α-hetero) is 1. The number of halogens is 1. The summed E-state index contributed by atoms with van der Waals surface area (Å²) in [7, 11) is 0. The van der Waals surface area contributed by atoms with E-state index in [2.05, 4.69) is 31.0 Å². The minimum atomic E-state index is -0.0159. The number of fused-ring (bicyclic) bond motifs is 1. The third kappa shape index (κ3) is 2.39. The van der Waals surface area contributed by atoms with E-state index in [1.807, 2.05) is 12.1 Å². The summed E-state index contributed by atoms with van der Waals surface area (Å²) in [5.74, 6) is -0.0159. The van der Waals surface area contributed by atoms with Gasteiger partial charge in [0.15, 0.2) is 5.78 Å². The highest BCUT2D eigenvalue weighted by molar-refractivity contribution is 9.10. The van der Waals surface area contributed by atoms with E-state index in [0.29, 0.717) is 11.1 Å². The van der Waals surface area contributed by atoms with Crippen molar-refractivity contribution in [3.05, 3.63) is 58.8 Å². The van der Waals surface area contributed by atoms with Crippen LogP contribution in [0.3, 0.4) is 0 Å². The maximum Gasteiger partial charge on any atom is 0.172 e. The molecule has 5 nitrogen and oxygen atoms in total. The van der Waals surface area contributed by atoms with Crippen LogP contribution in [-0.4, -0.2) is 25.4 Å². The lowest BCUT2D eigenvalue weighted by Gasteiger charge is -1.99. The smallest absolute Gasteiger partial charge is 0.172 e. The number of pyridine rings is 1. The van der Waals surface area contributed by atoms with Crippen LogP contribution >= 0.6 is 15.9 Å². The van der Waals surface area contributed by atoms with Crippen LogP contribution in [0.15, 0.2) is 47.6 Å². The fourth-order valence-corrected chi connectivity index (χ4v) is 2.05. The van der Waals surface area contributed by atoms with Crippen LogP contribution < -0.4 is 0 Å². The first-order valence-electron chi connectivity index (χ1n) is 5.65. The van der Waals surface area contributed by atoms with Crippen LogP contribution in [0.25, 0.3) is 5.52 Å². The van der Waals surface area contributed by atoms with Crippen molar-refractivity contribution in [2.24, 2.45) is 0 Å². The van der Waals surface area contributed by atoms with E-state index in [1.165, 1.54) is 0 Å². The van der Waals surface area contributed by atoms with Gasteiger partial charge < -0.3 is 0 Å². The molecule has 0 radical (unpaired) electrons. The molecule has 0 aromatic carbocycles. The zero-order chi connectivity index (χ0) is 13.2. The minimum Gasteiger partial charge on any atom is -0.294 e. The molecule has 0 bridgehead atoms. The third-order valence-corrected chi connectivity index (χ3v) is 3.22. The number of nitrogens with zero attached hydrogens (tertiary/aromatic N) is 4. The second kappa shape index (κ2) is 4.89. The lowest BCUT2D eigenvalue weighted by atomic mass is 10.1. The van der Waals surface area contributed by atoms with Gasteiger partial charge in [-0.1, -0.05) is 0 Å². The molecule has 0 amide bonds. The summed E-state index contributed by atoms with van der Waals surface area (Å²) in [5, 5.41) is 4.12. The fraction of sp³-hybridized carbons (Fsp3) is 0.0769. The molecule has 6 heteroatoms. The van der Waals surface area contributed by atoms with Crippen molar-refractivity contribution in [3.63, 3.8) is 0 Å². The third-order valence-electron chi connectivity index (χ3n) is 2.76. The first-order valence-corrected chi connectivity index (χ1v) is 6.44. The molecule has 3 aromatic rings. The maximum atomic E-state index is 12.2. The van der Waals surface area contributed by atoms with Crippen LogP contribution in [0, 0.1) is 0 Å². The standard InChI is InChI=1S/C13H9BrN4O/c14-9-1-2-10(16-6-9)5-13(19)11-7-17-18-4-3-15-8-12(11)18/h1-4,6-8H,5H2.